The molecule has 1 rings (SSSR count). The minimum atomic E-state index is -3.03. The van der Waals surface area contributed by atoms with Crippen LogP contribution in [0.4, 0.5) is 0 Å². The first-order valence-electron chi connectivity index (χ1n) is 5.10. The molecule has 7 heteroatoms. The van der Waals surface area contributed by atoms with Gasteiger partial charge in [-0.05, 0) is 13.0 Å². The summed E-state index contributed by atoms with van der Waals surface area (Å²) in [5.41, 5.74) is 0.738. The molecular formula is C10H16N2O4S. The van der Waals surface area contributed by atoms with Gasteiger partial charge < -0.3 is 15.4 Å². The summed E-state index contributed by atoms with van der Waals surface area (Å²) >= 11 is 0. The molecule has 1 aromatic rings. The van der Waals surface area contributed by atoms with E-state index in [4.69, 9.17) is 5.11 Å². The van der Waals surface area contributed by atoms with Crippen LogP contribution in [0.1, 0.15) is 23.0 Å². The van der Waals surface area contributed by atoms with Crippen molar-refractivity contribution in [1.29, 1.82) is 0 Å². The topological polar surface area (TPSA) is 99.3 Å². The Labute approximate surface area is 100.0 Å². The average molecular weight is 260 g/mol. The molecular weight excluding hydrogens is 244 g/mol. The number of hydrogen-bond acceptors (Lipinski definition) is 4. The lowest BCUT2D eigenvalue weighted by molar-refractivity contribution is 0.0695. The van der Waals surface area contributed by atoms with Crippen molar-refractivity contribution in [3.8, 4) is 0 Å². The molecule has 96 valence electrons. The molecule has 0 saturated carbocycles. The fourth-order valence-corrected chi connectivity index (χ4v) is 2.57. The smallest absolute Gasteiger partial charge is 0.337 e. The minimum Gasteiger partial charge on any atom is -0.478 e. The molecule has 0 aliphatic heterocycles. The predicted octanol–water partition coefficient (Wildman–Crippen LogP) is 0.236. The van der Waals surface area contributed by atoms with Gasteiger partial charge in [-0.2, -0.15) is 0 Å². The van der Waals surface area contributed by atoms with Gasteiger partial charge in [0.25, 0.3) is 0 Å². The SMILES string of the molecule is CC(CS(C)(=O)=O)NCc1[nH]ccc1C(=O)O. The maximum atomic E-state index is 11.0. The zero-order valence-electron chi connectivity index (χ0n) is 9.73. The zero-order valence-corrected chi connectivity index (χ0v) is 10.5. The number of aromatic amines is 1. The lowest BCUT2D eigenvalue weighted by atomic mass is 10.2. The van der Waals surface area contributed by atoms with Crippen LogP contribution in [0.15, 0.2) is 12.3 Å². The van der Waals surface area contributed by atoms with Crippen LogP contribution in [0.5, 0.6) is 0 Å². The Kier molecular flexibility index (Phi) is 4.30. The van der Waals surface area contributed by atoms with E-state index in [1.54, 1.807) is 13.1 Å². The summed E-state index contributed by atoms with van der Waals surface area (Å²) in [7, 11) is -3.03. The summed E-state index contributed by atoms with van der Waals surface area (Å²) < 4.78 is 22.1. The third-order valence-corrected chi connectivity index (χ3v) is 3.35. The summed E-state index contributed by atoms with van der Waals surface area (Å²) in [6.45, 7) is 2.04. The van der Waals surface area contributed by atoms with Crippen LogP contribution in [-0.2, 0) is 16.4 Å². The minimum absolute atomic E-state index is 0.0239. The van der Waals surface area contributed by atoms with Gasteiger partial charge in [-0.25, -0.2) is 13.2 Å². The number of carboxylic acid groups (broad SMARTS) is 1. The second-order valence-corrected chi connectivity index (χ2v) is 6.23. The van der Waals surface area contributed by atoms with Crippen LogP contribution in [0, 0.1) is 0 Å². The van der Waals surface area contributed by atoms with E-state index >= 15 is 0 Å². The highest BCUT2D eigenvalue weighted by atomic mass is 32.2. The number of H-pyrrole nitrogens is 1. The molecule has 0 spiro atoms. The highest BCUT2D eigenvalue weighted by molar-refractivity contribution is 7.90. The maximum Gasteiger partial charge on any atom is 0.337 e. The Bertz CT molecular complexity index is 492. The highest BCUT2D eigenvalue weighted by Crippen LogP contribution is 2.06. The van der Waals surface area contributed by atoms with E-state index in [0.29, 0.717) is 12.2 Å². The van der Waals surface area contributed by atoms with Gasteiger partial charge in [-0.1, -0.05) is 0 Å². The van der Waals surface area contributed by atoms with Crippen molar-refractivity contribution >= 4 is 15.8 Å². The lowest BCUT2D eigenvalue weighted by Crippen LogP contribution is -2.32. The van der Waals surface area contributed by atoms with Crippen LogP contribution >= 0.6 is 0 Å². The van der Waals surface area contributed by atoms with Gasteiger partial charge >= 0.3 is 5.97 Å². The largest absolute Gasteiger partial charge is 0.478 e. The summed E-state index contributed by atoms with van der Waals surface area (Å²) in [6, 6.07) is 1.25. The monoisotopic (exact) mass is 260 g/mol. The van der Waals surface area contributed by atoms with Crippen molar-refractivity contribution in [3.63, 3.8) is 0 Å². The van der Waals surface area contributed by atoms with Gasteiger partial charge in [0.15, 0.2) is 0 Å². The van der Waals surface area contributed by atoms with E-state index in [1.165, 1.54) is 12.3 Å². The van der Waals surface area contributed by atoms with Gasteiger partial charge in [0, 0.05) is 30.7 Å². The van der Waals surface area contributed by atoms with Crippen molar-refractivity contribution in [2.75, 3.05) is 12.0 Å². The third-order valence-electron chi connectivity index (χ3n) is 2.24. The Balaban J connectivity index is 2.56. The zero-order chi connectivity index (χ0) is 13.1. The third kappa shape index (κ3) is 4.58. The van der Waals surface area contributed by atoms with Crippen molar-refractivity contribution in [3.05, 3.63) is 23.5 Å². The first-order valence-corrected chi connectivity index (χ1v) is 7.16. The maximum absolute atomic E-state index is 11.0. The van der Waals surface area contributed by atoms with Crippen LogP contribution in [0.2, 0.25) is 0 Å². The number of sulfone groups is 1. The molecule has 1 unspecified atom stereocenters. The average Bonchev–Trinajstić information content (AvgIpc) is 2.59. The second-order valence-electron chi connectivity index (χ2n) is 4.05. The van der Waals surface area contributed by atoms with E-state index in [1.807, 2.05) is 0 Å². The lowest BCUT2D eigenvalue weighted by Gasteiger charge is -2.12. The van der Waals surface area contributed by atoms with Crippen molar-refractivity contribution in [2.24, 2.45) is 0 Å². The second kappa shape index (κ2) is 5.33. The normalized spacial score (nSPS) is 13.5. The molecule has 0 aromatic carbocycles. The number of carbonyl (C=O) groups is 1. The van der Waals surface area contributed by atoms with Gasteiger partial charge in [0.2, 0.25) is 0 Å². The number of nitrogens with one attached hydrogen (secondary N) is 2. The van der Waals surface area contributed by atoms with Crippen molar-refractivity contribution in [2.45, 2.75) is 19.5 Å². The first kappa shape index (κ1) is 13.7. The van der Waals surface area contributed by atoms with Crippen LogP contribution < -0.4 is 5.32 Å². The molecule has 1 heterocycles. The number of aromatic nitrogens is 1. The molecule has 17 heavy (non-hydrogen) atoms. The van der Waals surface area contributed by atoms with Gasteiger partial charge in [-0.3, -0.25) is 0 Å². The highest BCUT2D eigenvalue weighted by Gasteiger charge is 2.13. The number of rotatable bonds is 6. The molecule has 1 atom stereocenters. The van der Waals surface area contributed by atoms with Crippen LogP contribution in [0.3, 0.4) is 0 Å². The molecule has 0 bridgehead atoms. The Hall–Kier alpha value is -1.34. The van der Waals surface area contributed by atoms with E-state index in [2.05, 4.69) is 10.3 Å². The molecule has 0 aliphatic carbocycles. The van der Waals surface area contributed by atoms with E-state index in [0.717, 1.165) is 0 Å². The number of carboxylic acids is 1. The Morgan fingerprint density at radius 3 is 2.76 bits per heavy atom. The molecule has 0 radical (unpaired) electrons. The van der Waals surface area contributed by atoms with Gasteiger partial charge in [0.05, 0.1) is 11.3 Å². The summed E-state index contributed by atoms with van der Waals surface area (Å²) in [5.74, 6) is -0.977. The molecule has 0 fully saturated rings. The van der Waals surface area contributed by atoms with E-state index in [9.17, 15) is 13.2 Å². The fraction of sp³-hybridized carbons (Fsp3) is 0.500. The summed E-state index contributed by atoms with van der Waals surface area (Å²) in [5, 5.41) is 11.8. The van der Waals surface area contributed by atoms with Crippen molar-refractivity contribution in [1.82, 2.24) is 10.3 Å². The van der Waals surface area contributed by atoms with E-state index in [-0.39, 0.29) is 17.4 Å². The molecule has 0 aliphatic rings. The Morgan fingerprint density at radius 2 is 2.24 bits per heavy atom. The van der Waals surface area contributed by atoms with Crippen LogP contribution in [0.25, 0.3) is 0 Å². The fourth-order valence-electron chi connectivity index (χ4n) is 1.54. The standard InChI is InChI=1S/C10H16N2O4S/c1-7(6-17(2,15)16)12-5-9-8(10(13)14)3-4-11-9/h3-4,7,11-12H,5-6H2,1-2H3,(H,13,14). The quantitative estimate of drug-likeness (QED) is 0.680. The van der Waals surface area contributed by atoms with Gasteiger partial charge in [-0.15, -0.1) is 0 Å². The molecule has 6 nitrogen and oxygen atoms in total. The molecule has 3 N–H and O–H groups in total. The molecule has 0 saturated heterocycles. The first-order chi connectivity index (χ1) is 7.79. The predicted molar refractivity (Wildman–Crippen MR) is 63.8 cm³/mol. The van der Waals surface area contributed by atoms with E-state index < -0.39 is 15.8 Å². The van der Waals surface area contributed by atoms with Crippen molar-refractivity contribution < 1.29 is 18.3 Å². The molecule has 0 amide bonds. The Morgan fingerprint density at radius 1 is 1.59 bits per heavy atom. The number of aromatic carboxylic acids is 1. The summed E-state index contributed by atoms with van der Waals surface area (Å²) in [4.78, 5) is 13.6. The molecule has 1 aromatic heterocycles. The summed E-state index contributed by atoms with van der Waals surface area (Å²) in [6.07, 6.45) is 2.71. The number of hydrogen-bond donors (Lipinski definition) is 3. The van der Waals surface area contributed by atoms with Crippen LogP contribution in [-0.4, -0.2) is 42.5 Å². The van der Waals surface area contributed by atoms with Gasteiger partial charge in [0.1, 0.15) is 9.84 Å².